The van der Waals surface area contributed by atoms with Crippen molar-refractivity contribution >= 4 is 37.3 Å². The number of hydrogen-bond acceptors (Lipinski definition) is 7. The van der Waals surface area contributed by atoms with Crippen molar-refractivity contribution in [1.29, 1.82) is 10.5 Å². The van der Waals surface area contributed by atoms with E-state index in [9.17, 15) is 10.5 Å². The molecule has 0 N–H and O–H groups in total. The molecule has 8 heteroatoms. The maximum atomic E-state index is 11.4. The maximum absolute atomic E-state index is 11.4. The van der Waals surface area contributed by atoms with Crippen LogP contribution in [0.4, 0.5) is 11.4 Å². The molecular weight excluding hydrogens is 609 g/mol. The number of rotatable bonds is 4. The quantitative estimate of drug-likeness (QED) is 0.386. The topological polar surface area (TPSA) is 72.9 Å². The monoisotopic (exact) mass is 648 g/mol. The summed E-state index contributed by atoms with van der Waals surface area (Å²) in [6.07, 6.45) is 1.55. The Morgan fingerprint density at radius 3 is 1.93 bits per heavy atom. The Morgan fingerprint density at radius 1 is 0.773 bits per heavy atom. The fraction of sp³-hybridized carbons (Fsp3) is 0.389. The van der Waals surface area contributed by atoms with Gasteiger partial charge in [0.15, 0.2) is 0 Å². The molecule has 1 spiro atoms. The molecule has 3 aromatic rings. The van der Waals surface area contributed by atoms with Crippen molar-refractivity contribution in [1.82, 2.24) is 9.80 Å². The SMILES string of the molecule is Cc1ccc(N2CN=C3N(C2)C(=[SeH])C2(C#N)CN(c4ccc(C)cc4)CC3(C#N)C23CCN(Cc2ccccc2)CC3)cc1. The Bertz CT molecular complexity index is 1680. The van der Waals surface area contributed by atoms with E-state index in [2.05, 4.69) is 140 Å². The molecule has 2 atom stereocenters. The number of anilines is 2. The van der Waals surface area contributed by atoms with E-state index in [1.165, 1.54) is 16.7 Å². The van der Waals surface area contributed by atoms with E-state index in [0.29, 0.717) is 26.4 Å². The fourth-order valence-electron chi connectivity index (χ4n) is 8.18. The van der Waals surface area contributed by atoms with Crippen LogP contribution in [0.3, 0.4) is 0 Å². The van der Waals surface area contributed by atoms with Crippen LogP contribution < -0.4 is 9.80 Å². The summed E-state index contributed by atoms with van der Waals surface area (Å²) in [5.74, 6) is 0.832. The molecule has 4 aliphatic heterocycles. The summed E-state index contributed by atoms with van der Waals surface area (Å²) in [6.45, 7) is 8.87. The van der Waals surface area contributed by atoms with Gasteiger partial charge >= 0.3 is 269 Å². The molecule has 0 amide bonds. The van der Waals surface area contributed by atoms with Gasteiger partial charge in [-0.15, -0.1) is 0 Å². The number of hydrogen-bond donors (Lipinski definition) is 0. The van der Waals surface area contributed by atoms with Gasteiger partial charge in [0.1, 0.15) is 0 Å². The Kier molecular flexibility index (Phi) is 7.13. The molecule has 4 heterocycles. The fourth-order valence-corrected chi connectivity index (χ4v) is 9.21. The minimum absolute atomic E-state index is 0.485. The van der Waals surface area contributed by atoms with Gasteiger partial charge in [-0.05, 0) is 0 Å². The summed E-state index contributed by atoms with van der Waals surface area (Å²) in [6, 6.07) is 33.4. The minimum atomic E-state index is -0.937. The van der Waals surface area contributed by atoms with Gasteiger partial charge in [0.25, 0.3) is 0 Å². The van der Waals surface area contributed by atoms with E-state index in [4.69, 9.17) is 4.99 Å². The van der Waals surface area contributed by atoms with E-state index in [1.807, 2.05) is 0 Å². The number of nitriles is 2. The molecule has 44 heavy (non-hydrogen) atoms. The van der Waals surface area contributed by atoms with Gasteiger partial charge in [0, 0.05) is 0 Å². The van der Waals surface area contributed by atoms with Crippen molar-refractivity contribution < 1.29 is 0 Å². The second kappa shape index (κ2) is 10.9. The first-order valence-corrected chi connectivity index (χ1v) is 16.4. The molecule has 0 aliphatic carbocycles. The van der Waals surface area contributed by atoms with Gasteiger partial charge in [-0.3, -0.25) is 0 Å². The van der Waals surface area contributed by atoms with E-state index in [-0.39, 0.29) is 0 Å². The van der Waals surface area contributed by atoms with Crippen molar-refractivity contribution in [3.63, 3.8) is 0 Å². The molecule has 7 rings (SSSR count). The summed E-state index contributed by atoms with van der Waals surface area (Å²) in [5.41, 5.74) is 3.48. The third kappa shape index (κ3) is 4.24. The van der Waals surface area contributed by atoms with E-state index in [0.717, 1.165) is 54.2 Å². The van der Waals surface area contributed by atoms with Crippen LogP contribution in [0.15, 0.2) is 83.9 Å². The van der Waals surface area contributed by atoms with E-state index in [1.54, 1.807) is 0 Å². The molecule has 3 fully saturated rings. The number of aliphatic imine (C=N–C) groups is 1. The summed E-state index contributed by atoms with van der Waals surface area (Å²) < 4.78 is 0.960. The van der Waals surface area contributed by atoms with E-state index >= 15 is 0 Å². The predicted molar refractivity (Wildman–Crippen MR) is 178 cm³/mol. The number of aryl methyl sites for hydroxylation is 2. The van der Waals surface area contributed by atoms with Crippen molar-refractivity contribution in [2.75, 3.05) is 49.3 Å². The second-order valence-electron chi connectivity index (χ2n) is 13.0. The van der Waals surface area contributed by atoms with Gasteiger partial charge in [0.2, 0.25) is 0 Å². The Balaban J connectivity index is 1.32. The molecule has 4 aliphatic rings. The van der Waals surface area contributed by atoms with Crippen LogP contribution in [0.5, 0.6) is 0 Å². The summed E-state index contributed by atoms with van der Waals surface area (Å²) in [5, 5.41) is 22.8. The average Bonchev–Trinajstić information content (AvgIpc) is 3.06. The van der Waals surface area contributed by atoms with Crippen molar-refractivity contribution in [3.8, 4) is 12.1 Å². The molecular formula is C36H38N7Se. The van der Waals surface area contributed by atoms with Crippen LogP contribution in [0.1, 0.15) is 29.5 Å². The van der Waals surface area contributed by atoms with Crippen LogP contribution in [0.25, 0.3) is 0 Å². The molecule has 2 unspecified atom stereocenters. The van der Waals surface area contributed by atoms with Crippen molar-refractivity contribution in [2.45, 2.75) is 33.2 Å². The number of piperidine rings is 3. The Labute approximate surface area is 268 Å². The van der Waals surface area contributed by atoms with Crippen LogP contribution >= 0.6 is 0 Å². The van der Waals surface area contributed by atoms with Crippen LogP contribution in [-0.4, -0.2) is 75.3 Å². The number of benzene rings is 3. The van der Waals surface area contributed by atoms with Crippen molar-refractivity contribution in [3.05, 3.63) is 95.6 Å². The first-order chi connectivity index (χ1) is 21.3. The summed E-state index contributed by atoms with van der Waals surface area (Å²) in [4.78, 5) is 14.5. The van der Waals surface area contributed by atoms with Gasteiger partial charge in [-0.1, -0.05) is 0 Å². The summed E-state index contributed by atoms with van der Waals surface area (Å²) >= 11 is 2.77. The summed E-state index contributed by atoms with van der Waals surface area (Å²) in [7, 11) is 0. The zero-order chi connectivity index (χ0) is 30.5. The third-order valence-electron chi connectivity index (χ3n) is 10.6. The molecule has 223 valence electrons. The van der Waals surface area contributed by atoms with Gasteiger partial charge < -0.3 is 0 Å². The van der Waals surface area contributed by atoms with Crippen LogP contribution in [0, 0.1) is 52.8 Å². The standard InChI is InChI=1S/C36H38N7Se/c1-27-8-12-30(13-9-27)41-23-34(21-37)32-39-25-42(31-14-10-28(2)11-15-31)26-43(32)33(44)35(22-38,24-41)36(34)16-18-40(19-17-36)20-29-6-4-3-5-7-29/h3-15,44H,16-20,23-26H2,1-2H3. The Morgan fingerprint density at radius 2 is 1.34 bits per heavy atom. The van der Waals surface area contributed by atoms with Gasteiger partial charge in [-0.25, -0.2) is 0 Å². The van der Waals surface area contributed by atoms with Gasteiger partial charge in [0.05, 0.1) is 0 Å². The average molecular weight is 648 g/mol. The number of fused-ring (bicyclic) bond motifs is 2. The van der Waals surface area contributed by atoms with Gasteiger partial charge in [-0.2, -0.15) is 0 Å². The first kappa shape index (κ1) is 28.8. The molecule has 0 aromatic heterocycles. The Hall–Kier alpha value is -3.94. The number of likely N-dealkylation sites (tertiary alicyclic amines) is 1. The van der Waals surface area contributed by atoms with E-state index < -0.39 is 16.2 Å². The number of amidine groups is 1. The molecule has 1 radical (unpaired) electrons. The molecule has 3 aromatic carbocycles. The first-order valence-electron chi connectivity index (χ1n) is 15.5. The zero-order valence-corrected chi connectivity index (χ0v) is 27.3. The van der Waals surface area contributed by atoms with Crippen molar-refractivity contribution in [2.24, 2.45) is 21.2 Å². The molecule has 2 bridgehead atoms. The third-order valence-corrected chi connectivity index (χ3v) is 11.9. The molecule has 3 saturated heterocycles. The van der Waals surface area contributed by atoms with Crippen LogP contribution in [-0.2, 0) is 6.54 Å². The normalized spacial score (nSPS) is 26.0. The number of nitrogens with zero attached hydrogens (tertiary/aromatic N) is 7. The molecule has 7 nitrogen and oxygen atoms in total. The zero-order valence-electron chi connectivity index (χ0n) is 25.4. The molecule has 0 saturated carbocycles. The van der Waals surface area contributed by atoms with Crippen LogP contribution in [0.2, 0.25) is 0 Å². The predicted octanol–water partition coefficient (Wildman–Crippen LogP) is 4.61. The second-order valence-corrected chi connectivity index (χ2v) is 13.9.